The van der Waals surface area contributed by atoms with Crippen LogP contribution in [0.4, 0.5) is 10.3 Å². The number of aromatic nitrogens is 6. The molecule has 0 unspecified atom stereocenters. The molecule has 0 saturated heterocycles. The zero-order valence-electron chi connectivity index (χ0n) is 21.1. The maximum atomic E-state index is 14.2. The minimum Gasteiger partial charge on any atom is -0.487 e. The van der Waals surface area contributed by atoms with E-state index in [9.17, 15) is 14.3 Å². The number of nitrogens with zero attached hydrogens (tertiary/aromatic N) is 6. The number of rotatable bonds is 8. The topological polar surface area (TPSA) is 128 Å². The molecular formula is C27H28FN7O3. The first-order valence-corrected chi connectivity index (χ1v) is 12.4. The van der Waals surface area contributed by atoms with E-state index in [-0.39, 0.29) is 17.8 Å². The Bertz CT molecular complexity index is 1460. The van der Waals surface area contributed by atoms with E-state index in [1.807, 2.05) is 14.0 Å². The summed E-state index contributed by atoms with van der Waals surface area (Å²) >= 11 is 0. The standard InChI is InChI=1S/C27H28FN7O3/c1-16-24(38-18-7-5-6-17(12-18)26(36)37)15-30-25(33-16)20-13-32-35(2)23(20)14-31-27-29-11-10-22(34-27)19-8-3-4-9-21(19)28/h3-4,8-11,13,15,17-18H,5-7,12,14H2,1-2H3,(H,36,37)(H,29,31,34)/t17-,18-/m0/s1. The van der Waals surface area contributed by atoms with Gasteiger partial charge in [0.2, 0.25) is 5.95 Å². The number of hydrogen-bond donors (Lipinski definition) is 2. The SMILES string of the molecule is Cc1nc(-c2cnn(C)c2CNc2nccc(-c3ccccc3F)n2)ncc1O[C@H]1CCC[C@H](C(=O)O)C1. The van der Waals surface area contributed by atoms with Crippen LogP contribution < -0.4 is 10.1 Å². The summed E-state index contributed by atoms with van der Waals surface area (Å²) in [5, 5.41) is 16.9. The Morgan fingerprint density at radius 3 is 2.79 bits per heavy atom. The van der Waals surface area contributed by atoms with Gasteiger partial charge in [-0.25, -0.2) is 24.3 Å². The second kappa shape index (κ2) is 10.9. The smallest absolute Gasteiger partial charge is 0.306 e. The highest BCUT2D eigenvalue weighted by atomic mass is 19.1. The summed E-state index contributed by atoms with van der Waals surface area (Å²) in [7, 11) is 1.82. The maximum Gasteiger partial charge on any atom is 0.306 e. The van der Waals surface area contributed by atoms with Gasteiger partial charge in [0.15, 0.2) is 11.6 Å². The molecule has 10 nitrogen and oxygen atoms in total. The number of carboxylic acids is 1. The van der Waals surface area contributed by atoms with Gasteiger partial charge in [0.25, 0.3) is 0 Å². The first-order chi connectivity index (χ1) is 18.4. The van der Waals surface area contributed by atoms with Gasteiger partial charge in [0.05, 0.1) is 53.6 Å². The second-order valence-corrected chi connectivity index (χ2v) is 9.31. The van der Waals surface area contributed by atoms with E-state index in [0.29, 0.717) is 53.9 Å². The summed E-state index contributed by atoms with van der Waals surface area (Å²) in [4.78, 5) is 29.3. The predicted molar refractivity (Wildman–Crippen MR) is 138 cm³/mol. The van der Waals surface area contributed by atoms with Crippen molar-refractivity contribution in [3.8, 4) is 28.4 Å². The Morgan fingerprint density at radius 2 is 2.00 bits per heavy atom. The Balaban J connectivity index is 1.31. The monoisotopic (exact) mass is 517 g/mol. The summed E-state index contributed by atoms with van der Waals surface area (Å²) in [6.07, 6.45) is 7.53. The van der Waals surface area contributed by atoms with Crippen LogP contribution >= 0.6 is 0 Å². The molecule has 2 N–H and O–H groups in total. The molecule has 0 amide bonds. The third-order valence-electron chi connectivity index (χ3n) is 6.73. The Kier molecular flexibility index (Phi) is 7.25. The van der Waals surface area contributed by atoms with Crippen molar-refractivity contribution in [1.82, 2.24) is 29.7 Å². The minimum absolute atomic E-state index is 0.170. The fourth-order valence-corrected chi connectivity index (χ4v) is 4.64. The van der Waals surface area contributed by atoms with Gasteiger partial charge in [-0.1, -0.05) is 12.1 Å². The van der Waals surface area contributed by atoms with Crippen LogP contribution in [-0.4, -0.2) is 46.9 Å². The van der Waals surface area contributed by atoms with E-state index in [1.54, 1.807) is 47.5 Å². The first-order valence-electron chi connectivity index (χ1n) is 12.4. The van der Waals surface area contributed by atoms with Crippen molar-refractivity contribution in [3.05, 3.63) is 66.1 Å². The highest BCUT2D eigenvalue weighted by Crippen LogP contribution is 2.30. The Morgan fingerprint density at radius 1 is 1.16 bits per heavy atom. The lowest BCUT2D eigenvalue weighted by Gasteiger charge is -2.27. The predicted octanol–water partition coefficient (Wildman–Crippen LogP) is 4.42. The lowest BCUT2D eigenvalue weighted by molar-refractivity contribution is -0.143. The zero-order chi connectivity index (χ0) is 26.6. The van der Waals surface area contributed by atoms with Gasteiger partial charge in [-0.05, 0) is 50.8 Å². The van der Waals surface area contributed by atoms with Crippen LogP contribution in [0.1, 0.15) is 37.1 Å². The number of carbonyl (C=O) groups is 1. The normalized spacial score (nSPS) is 17.2. The molecule has 4 aromatic rings. The number of benzene rings is 1. The van der Waals surface area contributed by atoms with Gasteiger partial charge >= 0.3 is 5.97 Å². The van der Waals surface area contributed by atoms with E-state index in [2.05, 4.69) is 30.4 Å². The lowest BCUT2D eigenvalue weighted by atomic mass is 9.87. The molecule has 0 spiro atoms. The Hall–Kier alpha value is -4.41. The fourth-order valence-electron chi connectivity index (χ4n) is 4.64. The summed E-state index contributed by atoms with van der Waals surface area (Å²) < 4.78 is 22.0. The van der Waals surface area contributed by atoms with Crippen LogP contribution in [0.2, 0.25) is 0 Å². The maximum absolute atomic E-state index is 14.2. The molecule has 1 aliphatic carbocycles. The molecule has 0 radical (unpaired) electrons. The van der Waals surface area contributed by atoms with Crippen LogP contribution in [-0.2, 0) is 18.4 Å². The van der Waals surface area contributed by atoms with Gasteiger partial charge in [0, 0.05) is 18.8 Å². The first kappa shape index (κ1) is 25.2. The summed E-state index contributed by atoms with van der Waals surface area (Å²) in [5.74, 6) is -0.110. The van der Waals surface area contributed by atoms with Crippen LogP contribution in [0.3, 0.4) is 0 Å². The molecule has 5 rings (SSSR count). The average Bonchev–Trinajstić information content (AvgIpc) is 3.29. The molecule has 0 aliphatic heterocycles. The number of nitrogens with one attached hydrogen (secondary N) is 1. The zero-order valence-corrected chi connectivity index (χ0v) is 21.1. The van der Waals surface area contributed by atoms with Crippen LogP contribution in [0.15, 0.2) is 48.9 Å². The van der Waals surface area contributed by atoms with Crippen LogP contribution in [0.5, 0.6) is 5.75 Å². The summed E-state index contributed by atoms with van der Waals surface area (Å²) in [6.45, 7) is 2.18. The third-order valence-corrected chi connectivity index (χ3v) is 6.73. The van der Waals surface area contributed by atoms with Gasteiger partial charge in [0.1, 0.15) is 5.82 Å². The van der Waals surface area contributed by atoms with Crippen molar-refractivity contribution in [1.29, 1.82) is 0 Å². The quantitative estimate of drug-likeness (QED) is 0.349. The summed E-state index contributed by atoms with van der Waals surface area (Å²) in [6, 6.07) is 8.12. The number of halogens is 1. The second-order valence-electron chi connectivity index (χ2n) is 9.31. The largest absolute Gasteiger partial charge is 0.487 e. The lowest BCUT2D eigenvalue weighted by Crippen LogP contribution is -2.29. The van der Waals surface area contributed by atoms with Crippen molar-refractivity contribution in [3.63, 3.8) is 0 Å². The molecule has 3 heterocycles. The highest BCUT2D eigenvalue weighted by Gasteiger charge is 2.28. The van der Waals surface area contributed by atoms with Crippen molar-refractivity contribution < 1.29 is 19.0 Å². The molecule has 1 fully saturated rings. The third kappa shape index (κ3) is 5.46. The summed E-state index contributed by atoms with van der Waals surface area (Å²) in [5.41, 5.74) is 3.10. The Labute approximate surface area is 219 Å². The van der Waals surface area contributed by atoms with Crippen molar-refractivity contribution in [2.45, 2.75) is 45.3 Å². The molecule has 11 heteroatoms. The van der Waals surface area contributed by atoms with Crippen molar-refractivity contribution in [2.24, 2.45) is 13.0 Å². The van der Waals surface area contributed by atoms with E-state index in [0.717, 1.165) is 24.1 Å². The van der Waals surface area contributed by atoms with Crippen molar-refractivity contribution >= 4 is 11.9 Å². The number of aliphatic carboxylic acids is 1. The van der Waals surface area contributed by atoms with Gasteiger partial charge in [-0.15, -0.1) is 0 Å². The van der Waals surface area contributed by atoms with Gasteiger partial charge < -0.3 is 15.2 Å². The number of anilines is 1. The molecule has 0 bridgehead atoms. The van der Waals surface area contributed by atoms with E-state index in [1.165, 1.54) is 6.07 Å². The molecule has 1 aliphatic rings. The average molecular weight is 518 g/mol. The van der Waals surface area contributed by atoms with Crippen LogP contribution in [0.25, 0.3) is 22.6 Å². The van der Waals surface area contributed by atoms with E-state index < -0.39 is 5.97 Å². The minimum atomic E-state index is -0.774. The van der Waals surface area contributed by atoms with E-state index >= 15 is 0 Å². The molecule has 2 atom stereocenters. The van der Waals surface area contributed by atoms with E-state index in [4.69, 9.17) is 4.74 Å². The highest BCUT2D eigenvalue weighted by molar-refractivity contribution is 5.70. The fraction of sp³-hybridized carbons (Fsp3) is 0.333. The molecule has 3 aromatic heterocycles. The number of aryl methyl sites for hydroxylation is 2. The number of carboxylic acid groups (broad SMARTS) is 1. The molecule has 1 saturated carbocycles. The number of ether oxygens (including phenoxy) is 1. The van der Waals surface area contributed by atoms with Gasteiger partial charge in [-0.2, -0.15) is 5.10 Å². The molecular weight excluding hydrogens is 489 g/mol. The molecule has 38 heavy (non-hydrogen) atoms. The van der Waals surface area contributed by atoms with Gasteiger partial charge in [-0.3, -0.25) is 9.48 Å². The number of hydrogen-bond acceptors (Lipinski definition) is 8. The van der Waals surface area contributed by atoms with Crippen molar-refractivity contribution in [2.75, 3.05) is 5.32 Å². The van der Waals surface area contributed by atoms with Crippen LogP contribution in [0, 0.1) is 18.7 Å². The molecule has 1 aromatic carbocycles. The molecule has 196 valence electrons.